The predicted molar refractivity (Wildman–Crippen MR) is 138 cm³/mol. The largest absolute Gasteiger partial charge is 0.461 e. The second-order valence-electron chi connectivity index (χ2n) is 8.55. The van der Waals surface area contributed by atoms with E-state index in [-0.39, 0.29) is 29.0 Å². The van der Waals surface area contributed by atoms with Gasteiger partial charge in [-0.25, -0.2) is 13.8 Å². The Morgan fingerprint density at radius 1 is 1.03 bits per heavy atom. The van der Waals surface area contributed by atoms with Gasteiger partial charge in [0.2, 0.25) is 5.55 Å². The first kappa shape index (κ1) is 24.8. The number of hydrogen-bond acceptors (Lipinski definition) is 6. The minimum atomic E-state index is -0.917. The molecule has 2 heterocycles. The maximum absolute atomic E-state index is 14.5. The monoisotopic (exact) mass is 513 g/mol. The van der Waals surface area contributed by atoms with E-state index in [4.69, 9.17) is 9.15 Å². The summed E-state index contributed by atoms with van der Waals surface area (Å²) in [6.07, 6.45) is 1.53. The first-order chi connectivity index (χ1) is 18.3. The Kier molecular flexibility index (Phi) is 6.66. The molecule has 5 rings (SSSR count). The van der Waals surface area contributed by atoms with Crippen LogP contribution in [0.25, 0.3) is 21.7 Å². The summed E-state index contributed by atoms with van der Waals surface area (Å²) in [5.74, 6) is -2.73. The number of fused-ring (bicyclic) bond motifs is 2. The van der Waals surface area contributed by atoms with Crippen LogP contribution in [0.3, 0.4) is 0 Å². The van der Waals surface area contributed by atoms with Crippen molar-refractivity contribution in [2.45, 2.75) is 20.5 Å². The number of carbonyl (C=O) groups excluding carboxylic acids is 2. The van der Waals surface area contributed by atoms with Crippen molar-refractivity contribution >= 4 is 45.0 Å². The van der Waals surface area contributed by atoms with Crippen LogP contribution in [0, 0.1) is 18.6 Å². The zero-order valence-electron chi connectivity index (χ0n) is 20.4. The third kappa shape index (κ3) is 4.99. The Balaban J connectivity index is 1.71. The van der Waals surface area contributed by atoms with Gasteiger partial charge in [0.25, 0.3) is 5.91 Å². The maximum atomic E-state index is 14.5. The number of hydrogen-bond donors (Lipinski definition) is 1. The molecule has 5 aromatic rings. The lowest BCUT2D eigenvalue weighted by molar-refractivity contribution is -0.142. The van der Waals surface area contributed by atoms with Gasteiger partial charge < -0.3 is 14.5 Å². The highest BCUT2D eigenvalue weighted by Gasteiger charge is 2.18. The highest BCUT2D eigenvalue weighted by atomic mass is 19.1. The quantitative estimate of drug-likeness (QED) is 0.286. The molecule has 0 aliphatic heterocycles. The van der Waals surface area contributed by atoms with Gasteiger partial charge in [-0.05, 0) is 36.6 Å². The molecule has 0 spiro atoms. The van der Waals surface area contributed by atoms with E-state index in [1.165, 1.54) is 19.2 Å². The van der Waals surface area contributed by atoms with E-state index in [0.717, 1.165) is 22.9 Å². The van der Waals surface area contributed by atoms with Crippen LogP contribution >= 0.6 is 0 Å². The number of carbonyl (C=O) groups is 2. The molecule has 0 aliphatic rings. The molecular formula is C29H21F2N3O4. The summed E-state index contributed by atoms with van der Waals surface area (Å²) in [5, 5.41) is 5.11. The smallest absolute Gasteiger partial charge is 0.302 e. The number of anilines is 1. The standard InChI is InChI=1S/C29H21F2N3O4/c1-16-27-22(19(14-32-16)15-37-17(2)35)13-23(29(38-27)34-26-11-10-20(30)12-24(26)31)28(36)33-25-9-5-7-18-6-3-4-8-21(18)25/h3-14H,15H2,1-2H3,(H,33,36). The summed E-state index contributed by atoms with van der Waals surface area (Å²) in [5.41, 5.74) is 1.39. The van der Waals surface area contributed by atoms with Crippen LogP contribution in [0.4, 0.5) is 20.2 Å². The number of pyridine rings is 1. The Morgan fingerprint density at radius 2 is 1.82 bits per heavy atom. The number of ether oxygens (including phenoxy) is 1. The van der Waals surface area contributed by atoms with E-state index in [1.54, 1.807) is 13.0 Å². The molecule has 190 valence electrons. The van der Waals surface area contributed by atoms with Gasteiger partial charge in [-0.2, -0.15) is 0 Å². The molecule has 0 unspecified atom stereocenters. The lowest BCUT2D eigenvalue weighted by Gasteiger charge is -2.12. The molecule has 1 N–H and O–H groups in total. The van der Waals surface area contributed by atoms with Crippen molar-refractivity contribution in [3.05, 3.63) is 107 Å². The number of aryl methyl sites for hydroxylation is 1. The van der Waals surface area contributed by atoms with Crippen molar-refractivity contribution < 1.29 is 27.5 Å². The normalized spacial score (nSPS) is 11.6. The number of rotatable bonds is 5. The summed E-state index contributed by atoms with van der Waals surface area (Å²) in [7, 11) is 0. The minimum absolute atomic E-state index is 0.0103. The number of esters is 1. The first-order valence-electron chi connectivity index (χ1n) is 11.6. The van der Waals surface area contributed by atoms with E-state index < -0.39 is 23.5 Å². The van der Waals surface area contributed by atoms with E-state index in [9.17, 15) is 18.4 Å². The van der Waals surface area contributed by atoms with Crippen LogP contribution < -0.4 is 10.9 Å². The van der Waals surface area contributed by atoms with Crippen LogP contribution in [-0.4, -0.2) is 16.9 Å². The summed E-state index contributed by atoms with van der Waals surface area (Å²) in [4.78, 5) is 33.5. The molecule has 0 saturated carbocycles. The molecule has 0 radical (unpaired) electrons. The Bertz CT molecular complexity index is 1790. The zero-order chi connectivity index (χ0) is 26.8. The van der Waals surface area contributed by atoms with Crippen molar-refractivity contribution in [3.8, 4) is 0 Å². The molecule has 0 bridgehead atoms. The topological polar surface area (TPSA) is 93.8 Å². The van der Waals surface area contributed by atoms with E-state index in [0.29, 0.717) is 28.4 Å². The van der Waals surface area contributed by atoms with Gasteiger partial charge in [0.05, 0.1) is 5.69 Å². The predicted octanol–water partition coefficient (Wildman–Crippen LogP) is 6.12. The molecular weight excluding hydrogens is 492 g/mol. The van der Waals surface area contributed by atoms with Gasteiger partial charge in [-0.3, -0.25) is 14.6 Å². The van der Waals surface area contributed by atoms with Gasteiger partial charge in [0.1, 0.15) is 23.7 Å². The lowest BCUT2D eigenvalue weighted by atomic mass is 10.1. The van der Waals surface area contributed by atoms with E-state index in [1.807, 2.05) is 36.4 Å². The summed E-state index contributed by atoms with van der Waals surface area (Å²) in [6, 6.07) is 17.5. The second-order valence-corrected chi connectivity index (χ2v) is 8.55. The van der Waals surface area contributed by atoms with Crippen LogP contribution in [-0.2, 0) is 16.1 Å². The number of halogens is 2. The van der Waals surface area contributed by atoms with Gasteiger partial charge in [-0.1, -0.05) is 36.4 Å². The summed E-state index contributed by atoms with van der Waals surface area (Å²) >= 11 is 0. The van der Waals surface area contributed by atoms with Gasteiger partial charge >= 0.3 is 5.97 Å². The zero-order valence-corrected chi connectivity index (χ0v) is 20.4. The molecule has 0 saturated heterocycles. The van der Waals surface area contributed by atoms with E-state index >= 15 is 0 Å². The van der Waals surface area contributed by atoms with Crippen molar-refractivity contribution in [2.24, 2.45) is 4.99 Å². The summed E-state index contributed by atoms with van der Waals surface area (Å²) < 4.78 is 39.1. The van der Waals surface area contributed by atoms with Crippen LogP contribution in [0.2, 0.25) is 0 Å². The van der Waals surface area contributed by atoms with Crippen LogP contribution in [0.5, 0.6) is 0 Å². The van der Waals surface area contributed by atoms with Gasteiger partial charge in [-0.15, -0.1) is 0 Å². The third-order valence-electron chi connectivity index (χ3n) is 5.90. The number of benzene rings is 3. The molecule has 2 aromatic heterocycles. The molecule has 1 amide bonds. The van der Waals surface area contributed by atoms with Crippen molar-refractivity contribution in [1.82, 2.24) is 4.98 Å². The molecule has 0 atom stereocenters. The SMILES string of the molecule is CC(=O)OCc1cnc(C)c2oc(=Nc3ccc(F)cc3F)c(C(=O)Nc3cccc4ccccc34)cc12. The number of amides is 1. The van der Waals surface area contributed by atoms with Gasteiger partial charge in [0, 0.05) is 41.2 Å². The maximum Gasteiger partial charge on any atom is 0.302 e. The molecule has 0 fully saturated rings. The Hall–Kier alpha value is -4.92. The van der Waals surface area contributed by atoms with Crippen molar-refractivity contribution in [3.63, 3.8) is 0 Å². The molecule has 7 nitrogen and oxygen atoms in total. The number of aromatic nitrogens is 1. The third-order valence-corrected chi connectivity index (χ3v) is 5.90. The van der Waals surface area contributed by atoms with Crippen LogP contribution in [0.1, 0.15) is 28.5 Å². The number of nitrogens with zero attached hydrogens (tertiary/aromatic N) is 2. The average molecular weight is 514 g/mol. The van der Waals surface area contributed by atoms with Crippen LogP contribution in [0.15, 0.2) is 82.3 Å². The minimum Gasteiger partial charge on any atom is -0.461 e. The Labute approximate surface area is 215 Å². The molecule has 0 aliphatic carbocycles. The van der Waals surface area contributed by atoms with Crippen molar-refractivity contribution in [2.75, 3.05) is 5.32 Å². The fourth-order valence-electron chi connectivity index (χ4n) is 4.03. The van der Waals surface area contributed by atoms with Crippen molar-refractivity contribution in [1.29, 1.82) is 0 Å². The lowest BCUT2D eigenvalue weighted by Crippen LogP contribution is -2.22. The molecule has 9 heteroatoms. The van der Waals surface area contributed by atoms with E-state index in [2.05, 4.69) is 15.3 Å². The summed E-state index contributed by atoms with van der Waals surface area (Å²) in [6.45, 7) is 2.88. The number of nitrogens with one attached hydrogen (secondary N) is 1. The fourth-order valence-corrected chi connectivity index (χ4v) is 4.03. The second kappa shape index (κ2) is 10.2. The first-order valence-corrected chi connectivity index (χ1v) is 11.6. The molecule has 38 heavy (non-hydrogen) atoms. The highest BCUT2D eigenvalue weighted by molar-refractivity contribution is 6.10. The van der Waals surface area contributed by atoms with Gasteiger partial charge in [0.15, 0.2) is 11.4 Å². The average Bonchev–Trinajstić information content (AvgIpc) is 2.90. The highest BCUT2D eigenvalue weighted by Crippen LogP contribution is 2.26. The molecule has 3 aromatic carbocycles. The fraction of sp³-hybridized carbons (Fsp3) is 0.103. The Morgan fingerprint density at radius 3 is 2.61 bits per heavy atom.